The van der Waals surface area contributed by atoms with Crippen LogP contribution in [0.1, 0.15) is 12.2 Å². The van der Waals surface area contributed by atoms with Crippen LogP contribution in [0.5, 0.6) is 0 Å². The highest BCUT2D eigenvalue weighted by molar-refractivity contribution is 5.76. The minimum Gasteiger partial charge on any atom is -0.388 e. The van der Waals surface area contributed by atoms with E-state index in [0.717, 1.165) is 25.5 Å². The highest BCUT2D eigenvalue weighted by Crippen LogP contribution is 1.96. The number of nitrogens with one attached hydrogen (secondary N) is 1. The molecule has 0 saturated carbocycles. The van der Waals surface area contributed by atoms with Crippen LogP contribution in [0, 0.1) is 12.3 Å². The Hall–Kier alpha value is -1.36. The molecule has 0 amide bonds. The molecule has 0 bridgehead atoms. The first-order valence-electron chi connectivity index (χ1n) is 5.09. The van der Waals surface area contributed by atoms with Gasteiger partial charge in [-0.1, -0.05) is 0 Å². The van der Waals surface area contributed by atoms with Crippen molar-refractivity contribution in [2.75, 3.05) is 20.1 Å². The van der Waals surface area contributed by atoms with Crippen molar-refractivity contribution < 1.29 is 0 Å². The summed E-state index contributed by atoms with van der Waals surface area (Å²) in [5.41, 5.74) is 5.30. The number of imidazole rings is 1. The fourth-order valence-electron chi connectivity index (χ4n) is 1.34. The fourth-order valence-corrected chi connectivity index (χ4v) is 1.34. The minimum atomic E-state index is 0.251. The maximum Gasteiger partial charge on any atom is 0.105 e. The molecule has 0 spiro atoms. The van der Waals surface area contributed by atoms with Gasteiger partial charge in [-0.2, -0.15) is 0 Å². The number of nitrogens with two attached hydrogens (primary N) is 1. The average molecular weight is 209 g/mol. The minimum absolute atomic E-state index is 0.251. The van der Waals surface area contributed by atoms with Gasteiger partial charge in [-0.05, 0) is 14.0 Å². The third-order valence-corrected chi connectivity index (χ3v) is 2.41. The first kappa shape index (κ1) is 11.7. The van der Waals surface area contributed by atoms with Gasteiger partial charge in [0, 0.05) is 38.4 Å². The Labute approximate surface area is 90.4 Å². The Morgan fingerprint density at radius 1 is 1.60 bits per heavy atom. The van der Waals surface area contributed by atoms with Crippen molar-refractivity contribution in [1.29, 1.82) is 5.41 Å². The zero-order valence-electron chi connectivity index (χ0n) is 9.40. The van der Waals surface area contributed by atoms with Crippen molar-refractivity contribution in [3.05, 3.63) is 18.2 Å². The Balaban J connectivity index is 2.25. The summed E-state index contributed by atoms with van der Waals surface area (Å²) < 4.78 is 2.12. The molecule has 3 N–H and O–H groups in total. The van der Waals surface area contributed by atoms with Gasteiger partial charge in [-0.3, -0.25) is 5.41 Å². The molecule has 1 rings (SSSR count). The number of hydrogen-bond donors (Lipinski definition) is 2. The monoisotopic (exact) mass is 209 g/mol. The van der Waals surface area contributed by atoms with Gasteiger partial charge in [-0.15, -0.1) is 0 Å². The highest BCUT2D eigenvalue weighted by Gasteiger charge is 2.01. The molecule has 84 valence electrons. The zero-order valence-corrected chi connectivity index (χ0v) is 9.40. The zero-order chi connectivity index (χ0) is 11.3. The van der Waals surface area contributed by atoms with Gasteiger partial charge < -0.3 is 15.2 Å². The van der Waals surface area contributed by atoms with Crippen molar-refractivity contribution in [2.24, 2.45) is 5.73 Å². The van der Waals surface area contributed by atoms with Gasteiger partial charge in [0.2, 0.25) is 0 Å². The molecule has 0 fully saturated rings. The van der Waals surface area contributed by atoms with E-state index in [1.54, 1.807) is 0 Å². The van der Waals surface area contributed by atoms with Crippen molar-refractivity contribution in [3.63, 3.8) is 0 Å². The summed E-state index contributed by atoms with van der Waals surface area (Å²) >= 11 is 0. The first-order chi connectivity index (χ1) is 7.09. The molecule has 0 aliphatic carbocycles. The van der Waals surface area contributed by atoms with E-state index < -0.39 is 0 Å². The van der Waals surface area contributed by atoms with E-state index in [9.17, 15) is 0 Å². The van der Waals surface area contributed by atoms with Crippen LogP contribution < -0.4 is 5.73 Å². The van der Waals surface area contributed by atoms with E-state index in [2.05, 4.69) is 14.5 Å². The third-order valence-electron chi connectivity index (χ3n) is 2.41. The number of hydrogen-bond acceptors (Lipinski definition) is 3. The van der Waals surface area contributed by atoms with Crippen LogP contribution in [-0.4, -0.2) is 40.4 Å². The van der Waals surface area contributed by atoms with Crippen LogP contribution in [0.25, 0.3) is 0 Å². The third kappa shape index (κ3) is 4.12. The van der Waals surface area contributed by atoms with Crippen molar-refractivity contribution >= 4 is 5.84 Å². The summed E-state index contributed by atoms with van der Waals surface area (Å²) in [5, 5.41) is 7.13. The molecule has 0 radical (unpaired) electrons. The molecule has 1 aromatic rings. The summed E-state index contributed by atoms with van der Waals surface area (Å²) in [6, 6.07) is 0. The maximum absolute atomic E-state index is 7.13. The summed E-state index contributed by atoms with van der Waals surface area (Å²) in [5.74, 6) is 1.29. The smallest absolute Gasteiger partial charge is 0.105 e. The lowest BCUT2D eigenvalue weighted by molar-refractivity contribution is 0.326. The summed E-state index contributed by atoms with van der Waals surface area (Å²) in [7, 11) is 2.04. The molecule has 0 aromatic carbocycles. The number of aryl methyl sites for hydroxylation is 1. The molecule has 1 heterocycles. The topological polar surface area (TPSA) is 70.9 Å². The average Bonchev–Trinajstić information content (AvgIpc) is 2.58. The Morgan fingerprint density at radius 3 is 2.87 bits per heavy atom. The van der Waals surface area contributed by atoms with Crippen LogP contribution in [0.15, 0.2) is 12.4 Å². The molecular weight excluding hydrogens is 190 g/mol. The molecule has 0 saturated heterocycles. The van der Waals surface area contributed by atoms with Gasteiger partial charge >= 0.3 is 0 Å². The van der Waals surface area contributed by atoms with E-state index in [1.807, 2.05) is 26.4 Å². The molecule has 0 unspecified atom stereocenters. The van der Waals surface area contributed by atoms with Crippen LogP contribution in [-0.2, 0) is 6.54 Å². The predicted octanol–water partition coefficient (Wildman–Crippen LogP) is 0.449. The second-order valence-corrected chi connectivity index (χ2v) is 3.75. The number of nitrogens with zero attached hydrogens (tertiary/aromatic N) is 3. The van der Waals surface area contributed by atoms with E-state index in [-0.39, 0.29) is 5.84 Å². The molecule has 0 atom stereocenters. The molecule has 5 heteroatoms. The van der Waals surface area contributed by atoms with Crippen LogP contribution in [0.2, 0.25) is 0 Å². The van der Waals surface area contributed by atoms with Crippen LogP contribution in [0.4, 0.5) is 0 Å². The van der Waals surface area contributed by atoms with Gasteiger partial charge in [0.05, 0.1) is 5.84 Å². The quantitative estimate of drug-likeness (QED) is 0.528. The molecule has 0 aliphatic heterocycles. The Morgan fingerprint density at radius 2 is 2.33 bits per heavy atom. The SMILES string of the molecule is Cc1nccn1CCN(C)CCC(=N)N. The lowest BCUT2D eigenvalue weighted by Gasteiger charge is -2.16. The molecule has 1 aromatic heterocycles. The second kappa shape index (κ2) is 5.50. The van der Waals surface area contributed by atoms with Crippen LogP contribution in [0.3, 0.4) is 0 Å². The molecular formula is C10H19N5. The summed E-state index contributed by atoms with van der Waals surface area (Å²) in [4.78, 5) is 6.33. The van der Waals surface area contributed by atoms with Crippen molar-refractivity contribution in [3.8, 4) is 0 Å². The Kier molecular flexibility index (Phi) is 4.30. The standard InChI is InChI=1S/C10H19N5/c1-9-13-4-6-15(9)8-7-14(2)5-3-10(11)12/h4,6H,3,5,7-8H2,1-2H3,(H3,11,12). The molecule has 15 heavy (non-hydrogen) atoms. The maximum atomic E-state index is 7.13. The van der Waals surface area contributed by atoms with Gasteiger partial charge in [0.1, 0.15) is 5.82 Å². The number of likely N-dealkylation sites (N-methyl/N-ethyl adjacent to an activating group) is 1. The van der Waals surface area contributed by atoms with Gasteiger partial charge in [-0.25, -0.2) is 4.98 Å². The lowest BCUT2D eigenvalue weighted by Crippen LogP contribution is -2.27. The van der Waals surface area contributed by atoms with E-state index in [1.165, 1.54) is 0 Å². The predicted molar refractivity (Wildman–Crippen MR) is 61.0 cm³/mol. The second-order valence-electron chi connectivity index (χ2n) is 3.75. The van der Waals surface area contributed by atoms with Crippen molar-refractivity contribution in [1.82, 2.24) is 14.5 Å². The van der Waals surface area contributed by atoms with Gasteiger partial charge in [0.15, 0.2) is 0 Å². The lowest BCUT2D eigenvalue weighted by atomic mass is 10.3. The molecule has 0 aliphatic rings. The first-order valence-corrected chi connectivity index (χ1v) is 5.09. The summed E-state index contributed by atoms with van der Waals surface area (Å²) in [6.07, 6.45) is 4.43. The summed E-state index contributed by atoms with van der Waals surface area (Å²) in [6.45, 7) is 4.71. The normalized spacial score (nSPS) is 10.9. The van der Waals surface area contributed by atoms with E-state index in [4.69, 9.17) is 11.1 Å². The Bertz CT molecular complexity index is 317. The highest BCUT2D eigenvalue weighted by atomic mass is 15.1. The van der Waals surface area contributed by atoms with Gasteiger partial charge in [0.25, 0.3) is 0 Å². The van der Waals surface area contributed by atoms with E-state index >= 15 is 0 Å². The van der Waals surface area contributed by atoms with Crippen LogP contribution >= 0.6 is 0 Å². The van der Waals surface area contributed by atoms with E-state index in [0.29, 0.717) is 6.42 Å². The van der Waals surface area contributed by atoms with Crippen molar-refractivity contribution in [2.45, 2.75) is 19.9 Å². The number of amidine groups is 1. The number of aromatic nitrogens is 2. The largest absolute Gasteiger partial charge is 0.388 e. The molecule has 5 nitrogen and oxygen atoms in total. The number of rotatable bonds is 6. The fraction of sp³-hybridized carbons (Fsp3) is 0.600.